The maximum Gasteiger partial charge on any atom is 0.319 e. The normalized spacial score (nSPS) is 16.2. The minimum absolute atomic E-state index is 0.0399. The molecule has 1 aromatic heterocycles. The number of carbonyl (C=O) groups excluding carboxylic acids is 1. The van der Waals surface area contributed by atoms with Crippen LogP contribution in [0, 0.1) is 6.92 Å². The van der Waals surface area contributed by atoms with E-state index in [2.05, 4.69) is 16.7 Å². The van der Waals surface area contributed by atoms with Crippen LogP contribution < -0.4 is 15.4 Å². The van der Waals surface area contributed by atoms with Crippen LogP contribution in [0.2, 0.25) is 0 Å². The molecule has 2 heterocycles. The number of benzene rings is 2. The van der Waals surface area contributed by atoms with Crippen molar-refractivity contribution in [3.05, 3.63) is 59.8 Å². The van der Waals surface area contributed by atoms with Crippen LogP contribution in [-0.2, 0) is 13.5 Å². The first-order valence-corrected chi connectivity index (χ1v) is 8.44. The maximum absolute atomic E-state index is 12.4. The molecule has 2 amide bonds. The molecule has 1 aliphatic rings. The van der Waals surface area contributed by atoms with E-state index >= 15 is 0 Å². The van der Waals surface area contributed by atoms with Crippen LogP contribution in [-0.4, -0.2) is 23.2 Å². The molecule has 4 rings (SSSR count). The van der Waals surface area contributed by atoms with Crippen LogP contribution in [0.5, 0.6) is 5.75 Å². The largest absolute Gasteiger partial charge is 0.491 e. The van der Waals surface area contributed by atoms with Gasteiger partial charge in [-0.1, -0.05) is 30.3 Å². The van der Waals surface area contributed by atoms with Gasteiger partial charge < -0.3 is 19.9 Å². The fourth-order valence-electron chi connectivity index (χ4n) is 3.48. The molecule has 1 aliphatic heterocycles. The van der Waals surface area contributed by atoms with Crippen LogP contribution in [0.1, 0.15) is 11.1 Å². The number of ether oxygens (including phenoxy) is 1. The number of amides is 2. The van der Waals surface area contributed by atoms with Gasteiger partial charge in [-0.15, -0.1) is 0 Å². The van der Waals surface area contributed by atoms with Crippen LogP contribution in [0.15, 0.2) is 48.7 Å². The lowest BCUT2D eigenvalue weighted by Crippen LogP contribution is -2.44. The zero-order valence-electron chi connectivity index (χ0n) is 14.4. The van der Waals surface area contributed by atoms with E-state index in [9.17, 15) is 4.79 Å². The van der Waals surface area contributed by atoms with Crippen LogP contribution >= 0.6 is 0 Å². The SMILES string of the molecule is Cc1cccc2c1OCC(NC(=O)Nc1cccc3ccn(C)c13)C2. The van der Waals surface area contributed by atoms with Crippen LogP contribution in [0.4, 0.5) is 10.5 Å². The number of nitrogens with one attached hydrogen (secondary N) is 2. The fraction of sp³-hybridized carbons (Fsp3) is 0.250. The number of hydrogen-bond acceptors (Lipinski definition) is 2. The van der Waals surface area contributed by atoms with Gasteiger partial charge in [0.2, 0.25) is 0 Å². The first-order chi connectivity index (χ1) is 12.1. The molecule has 3 aromatic rings. The first kappa shape index (κ1) is 15.6. The van der Waals surface area contributed by atoms with E-state index in [4.69, 9.17) is 4.74 Å². The molecule has 0 bridgehead atoms. The van der Waals surface area contributed by atoms with Crippen LogP contribution in [0.25, 0.3) is 10.9 Å². The van der Waals surface area contributed by atoms with Crippen molar-refractivity contribution in [3.8, 4) is 5.75 Å². The molecule has 128 valence electrons. The highest BCUT2D eigenvalue weighted by molar-refractivity contribution is 6.00. The summed E-state index contributed by atoms with van der Waals surface area (Å²) >= 11 is 0. The molecular formula is C20H21N3O2. The Morgan fingerprint density at radius 1 is 1.20 bits per heavy atom. The van der Waals surface area contributed by atoms with Gasteiger partial charge in [0, 0.05) is 18.6 Å². The Labute approximate surface area is 146 Å². The number of hydrogen-bond donors (Lipinski definition) is 2. The molecule has 1 atom stereocenters. The highest BCUT2D eigenvalue weighted by atomic mass is 16.5. The average Bonchev–Trinajstić information content (AvgIpc) is 2.97. The third-order valence-corrected chi connectivity index (χ3v) is 4.67. The van der Waals surface area contributed by atoms with Gasteiger partial charge in [0.05, 0.1) is 17.2 Å². The molecule has 2 aromatic carbocycles. The van der Waals surface area contributed by atoms with Gasteiger partial charge in [-0.3, -0.25) is 0 Å². The number of anilines is 1. The zero-order chi connectivity index (χ0) is 17.4. The van der Waals surface area contributed by atoms with E-state index in [-0.39, 0.29) is 12.1 Å². The second-order valence-electron chi connectivity index (χ2n) is 6.54. The van der Waals surface area contributed by atoms with E-state index in [1.165, 1.54) is 0 Å². The molecule has 5 nitrogen and oxygen atoms in total. The Bertz CT molecular complexity index is 945. The summed E-state index contributed by atoms with van der Waals surface area (Å²) in [6.45, 7) is 2.53. The third-order valence-electron chi connectivity index (χ3n) is 4.67. The van der Waals surface area contributed by atoms with Gasteiger partial charge in [0.25, 0.3) is 0 Å². The van der Waals surface area contributed by atoms with Gasteiger partial charge in [-0.2, -0.15) is 0 Å². The number of urea groups is 1. The van der Waals surface area contributed by atoms with Crippen molar-refractivity contribution in [2.24, 2.45) is 7.05 Å². The molecule has 1 unspecified atom stereocenters. The van der Waals surface area contributed by atoms with E-state index < -0.39 is 0 Å². The van der Waals surface area contributed by atoms with E-state index in [1.54, 1.807) is 0 Å². The lowest BCUT2D eigenvalue weighted by molar-refractivity contribution is 0.222. The van der Waals surface area contributed by atoms with Gasteiger partial charge in [0.1, 0.15) is 12.4 Å². The number of rotatable bonds is 2. The first-order valence-electron chi connectivity index (χ1n) is 8.44. The van der Waals surface area contributed by atoms with Crippen molar-refractivity contribution in [1.29, 1.82) is 0 Å². The third kappa shape index (κ3) is 2.93. The Morgan fingerprint density at radius 3 is 2.92 bits per heavy atom. The van der Waals surface area contributed by atoms with E-state index in [1.807, 2.05) is 61.1 Å². The van der Waals surface area contributed by atoms with Crippen molar-refractivity contribution >= 4 is 22.6 Å². The fourth-order valence-corrected chi connectivity index (χ4v) is 3.48. The second-order valence-corrected chi connectivity index (χ2v) is 6.54. The molecule has 0 radical (unpaired) electrons. The molecular weight excluding hydrogens is 314 g/mol. The Morgan fingerprint density at radius 2 is 2.04 bits per heavy atom. The van der Waals surface area contributed by atoms with Crippen molar-refractivity contribution in [2.75, 3.05) is 11.9 Å². The van der Waals surface area contributed by atoms with Gasteiger partial charge in [0.15, 0.2) is 0 Å². The lowest BCUT2D eigenvalue weighted by atomic mass is 10.0. The number of carbonyl (C=O) groups is 1. The zero-order valence-corrected chi connectivity index (χ0v) is 14.4. The highest BCUT2D eigenvalue weighted by Gasteiger charge is 2.22. The number of aromatic nitrogens is 1. The molecule has 25 heavy (non-hydrogen) atoms. The van der Waals surface area contributed by atoms with Crippen molar-refractivity contribution in [3.63, 3.8) is 0 Å². The van der Waals surface area contributed by atoms with Gasteiger partial charge >= 0.3 is 6.03 Å². The maximum atomic E-state index is 12.4. The van der Waals surface area contributed by atoms with Gasteiger partial charge in [-0.25, -0.2) is 4.79 Å². The van der Waals surface area contributed by atoms with Crippen molar-refractivity contribution in [2.45, 2.75) is 19.4 Å². The molecule has 2 N–H and O–H groups in total. The summed E-state index contributed by atoms with van der Waals surface area (Å²) < 4.78 is 7.86. The molecule has 0 saturated carbocycles. The topological polar surface area (TPSA) is 55.3 Å². The smallest absolute Gasteiger partial charge is 0.319 e. The molecule has 0 fully saturated rings. The summed E-state index contributed by atoms with van der Waals surface area (Å²) in [5.74, 6) is 0.953. The standard InChI is InChI=1S/C20H21N3O2/c1-13-5-3-7-15-11-16(12-25-19(13)15)21-20(24)22-17-8-4-6-14-9-10-23(2)18(14)17/h3-10,16H,11-12H2,1-2H3,(H2,21,22,24). The Balaban J connectivity index is 1.47. The predicted octanol–water partition coefficient (Wildman–Crippen LogP) is 3.61. The van der Waals surface area contributed by atoms with Crippen molar-refractivity contribution in [1.82, 2.24) is 9.88 Å². The summed E-state index contributed by atoms with van der Waals surface area (Å²) in [6.07, 6.45) is 2.76. The molecule has 0 saturated heterocycles. The molecule has 0 aliphatic carbocycles. The Hall–Kier alpha value is -2.95. The number of nitrogens with zero attached hydrogens (tertiary/aromatic N) is 1. The highest BCUT2D eigenvalue weighted by Crippen LogP contribution is 2.28. The summed E-state index contributed by atoms with van der Waals surface area (Å²) in [7, 11) is 1.97. The van der Waals surface area contributed by atoms with Crippen LogP contribution in [0.3, 0.4) is 0 Å². The summed E-state index contributed by atoms with van der Waals surface area (Å²) in [5.41, 5.74) is 4.09. The Kier molecular flexibility index (Phi) is 3.84. The quantitative estimate of drug-likeness (QED) is 0.752. The van der Waals surface area contributed by atoms with Crippen molar-refractivity contribution < 1.29 is 9.53 Å². The average molecular weight is 335 g/mol. The van der Waals surface area contributed by atoms with E-state index in [0.717, 1.165) is 39.9 Å². The number of aryl methyl sites for hydroxylation is 2. The van der Waals surface area contributed by atoms with E-state index in [0.29, 0.717) is 6.61 Å². The summed E-state index contributed by atoms with van der Waals surface area (Å²) in [5, 5.41) is 7.09. The number of fused-ring (bicyclic) bond motifs is 2. The minimum atomic E-state index is -0.210. The molecule has 5 heteroatoms. The lowest BCUT2D eigenvalue weighted by Gasteiger charge is -2.27. The second kappa shape index (κ2) is 6.16. The molecule has 0 spiro atoms. The minimum Gasteiger partial charge on any atom is -0.491 e. The predicted molar refractivity (Wildman–Crippen MR) is 99.2 cm³/mol. The number of para-hydroxylation sites is 2. The summed E-state index contributed by atoms with van der Waals surface area (Å²) in [6, 6.07) is 13.8. The summed E-state index contributed by atoms with van der Waals surface area (Å²) in [4.78, 5) is 12.4. The van der Waals surface area contributed by atoms with Gasteiger partial charge in [-0.05, 0) is 36.6 Å². The monoisotopic (exact) mass is 335 g/mol.